The van der Waals surface area contributed by atoms with Crippen molar-refractivity contribution < 1.29 is 9.52 Å². The molecule has 0 unspecified atom stereocenters. The zero-order chi connectivity index (χ0) is 10.7. The Kier molecular flexibility index (Phi) is 3.67. The molecule has 0 atom stereocenters. The van der Waals surface area contributed by atoms with Crippen molar-refractivity contribution in [2.75, 3.05) is 19.7 Å². The van der Waals surface area contributed by atoms with Gasteiger partial charge in [0.1, 0.15) is 5.76 Å². The molecule has 4 heteroatoms. The average molecular weight is 230 g/mol. The van der Waals surface area contributed by atoms with Gasteiger partial charge in [-0.25, -0.2) is 0 Å². The van der Waals surface area contributed by atoms with E-state index in [0.29, 0.717) is 17.7 Å². The fraction of sp³-hybridized carbons (Fsp3) is 0.636. The van der Waals surface area contributed by atoms with Crippen molar-refractivity contribution in [3.63, 3.8) is 0 Å². The van der Waals surface area contributed by atoms with Crippen molar-refractivity contribution in [3.05, 3.63) is 23.1 Å². The van der Waals surface area contributed by atoms with Gasteiger partial charge in [0.05, 0.1) is 6.54 Å². The number of nitrogens with zero attached hydrogens (tertiary/aromatic N) is 1. The highest BCUT2D eigenvalue weighted by atomic mass is 35.5. The average Bonchev–Trinajstić information content (AvgIpc) is 2.65. The predicted octanol–water partition coefficient (Wildman–Crippen LogP) is 2.14. The molecular weight excluding hydrogens is 214 g/mol. The van der Waals surface area contributed by atoms with Crippen LogP contribution in [0, 0.1) is 5.92 Å². The zero-order valence-corrected chi connectivity index (χ0v) is 9.41. The number of aliphatic hydroxyl groups is 1. The molecule has 0 saturated carbocycles. The number of aliphatic hydroxyl groups excluding tert-OH is 1. The van der Waals surface area contributed by atoms with E-state index in [0.717, 1.165) is 38.2 Å². The number of furan rings is 1. The van der Waals surface area contributed by atoms with Gasteiger partial charge in [-0.15, -0.1) is 0 Å². The van der Waals surface area contributed by atoms with Gasteiger partial charge >= 0.3 is 0 Å². The summed E-state index contributed by atoms with van der Waals surface area (Å²) in [4.78, 5) is 2.33. The van der Waals surface area contributed by atoms with E-state index in [9.17, 15) is 0 Å². The van der Waals surface area contributed by atoms with Crippen molar-refractivity contribution in [3.8, 4) is 0 Å². The smallest absolute Gasteiger partial charge is 0.193 e. The second kappa shape index (κ2) is 5.01. The third-order valence-electron chi connectivity index (χ3n) is 2.97. The van der Waals surface area contributed by atoms with E-state index < -0.39 is 0 Å². The van der Waals surface area contributed by atoms with Crippen LogP contribution in [0.15, 0.2) is 16.5 Å². The molecule has 84 valence electrons. The maximum atomic E-state index is 9.02. The molecule has 15 heavy (non-hydrogen) atoms. The standard InChI is InChI=1S/C11H16ClNO2/c12-11-2-1-10(15-11)7-13-5-3-9(8-14)4-6-13/h1-2,9,14H,3-8H2. The van der Waals surface area contributed by atoms with E-state index >= 15 is 0 Å². The van der Waals surface area contributed by atoms with Crippen LogP contribution in [-0.4, -0.2) is 29.7 Å². The van der Waals surface area contributed by atoms with Gasteiger partial charge < -0.3 is 9.52 Å². The van der Waals surface area contributed by atoms with Gasteiger partial charge in [0.25, 0.3) is 0 Å². The van der Waals surface area contributed by atoms with Crippen molar-refractivity contribution >= 4 is 11.6 Å². The quantitative estimate of drug-likeness (QED) is 0.863. The lowest BCUT2D eigenvalue weighted by Crippen LogP contribution is -2.34. The van der Waals surface area contributed by atoms with E-state index in [1.807, 2.05) is 6.07 Å². The highest BCUT2D eigenvalue weighted by molar-refractivity contribution is 6.28. The third kappa shape index (κ3) is 2.97. The van der Waals surface area contributed by atoms with Crippen LogP contribution in [0.25, 0.3) is 0 Å². The van der Waals surface area contributed by atoms with Crippen LogP contribution < -0.4 is 0 Å². The van der Waals surface area contributed by atoms with Crippen molar-refractivity contribution in [2.45, 2.75) is 19.4 Å². The molecule has 1 N–H and O–H groups in total. The van der Waals surface area contributed by atoms with Crippen molar-refractivity contribution in [1.29, 1.82) is 0 Å². The van der Waals surface area contributed by atoms with Crippen molar-refractivity contribution in [2.24, 2.45) is 5.92 Å². The SMILES string of the molecule is OCC1CCN(Cc2ccc(Cl)o2)CC1. The summed E-state index contributed by atoms with van der Waals surface area (Å²) in [5.74, 6) is 1.41. The van der Waals surface area contributed by atoms with Crippen molar-refractivity contribution in [1.82, 2.24) is 4.90 Å². The summed E-state index contributed by atoms with van der Waals surface area (Å²) in [6, 6.07) is 3.69. The third-order valence-corrected chi connectivity index (χ3v) is 3.18. The molecule has 0 spiro atoms. The summed E-state index contributed by atoms with van der Waals surface area (Å²) in [5, 5.41) is 9.47. The molecule has 2 rings (SSSR count). The Morgan fingerprint density at radius 3 is 2.67 bits per heavy atom. The number of piperidine rings is 1. The van der Waals surface area contributed by atoms with Crippen LogP contribution in [-0.2, 0) is 6.54 Å². The van der Waals surface area contributed by atoms with Gasteiger partial charge in [0.15, 0.2) is 5.22 Å². The zero-order valence-electron chi connectivity index (χ0n) is 8.66. The molecule has 1 aliphatic rings. The fourth-order valence-electron chi connectivity index (χ4n) is 1.98. The van der Waals surface area contributed by atoms with Crippen LogP contribution >= 0.6 is 11.6 Å². The number of hydrogen-bond acceptors (Lipinski definition) is 3. The Morgan fingerprint density at radius 1 is 1.40 bits per heavy atom. The Bertz CT molecular complexity index is 305. The Balaban J connectivity index is 1.82. The number of rotatable bonds is 3. The minimum atomic E-state index is 0.320. The molecule has 1 fully saturated rings. The lowest BCUT2D eigenvalue weighted by Gasteiger charge is -2.30. The summed E-state index contributed by atoms with van der Waals surface area (Å²) >= 11 is 5.71. The van der Waals surface area contributed by atoms with Gasteiger partial charge in [-0.1, -0.05) is 0 Å². The Morgan fingerprint density at radius 2 is 2.13 bits per heavy atom. The molecule has 1 saturated heterocycles. The van der Waals surface area contributed by atoms with Gasteiger partial charge in [-0.3, -0.25) is 4.90 Å². The molecule has 0 radical (unpaired) electrons. The van der Waals surface area contributed by atoms with Crippen LogP contribution in [0.2, 0.25) is 5.22 Å². The topological polar surface area (TPSA) is 36.6 Å². The number of hydrogen-bond donors (Lipinski definition) is 1. The Labute approximate surface area is 94.6 Å². The van der Waals surface area contributed by atoms with Gasteiger partial charge in [0.2, 0.25) is 0 Å². The van der Waals surface area contributed by atoms with Gasteiger partial charge in [0, 0.05) is 6.61 Å². The Hall–Kier alpha value is -0.510. The van der Waals surface area contributed by atoms with E-state index in [-0.39, 0.29) is 0 Å². The van der Waals surface area contributed by atoms with E-state index in [2.05, 4.69) is 4.90 Å². The first kappa shape index (κ1) is 11.0. The maximum absolute atomic E-state index is 9.02. The van der Waals surface area contributed by atoms with Crippen LogP contribution in [0.5, 0.6) is 0 Å². The second-order valence-electron chi connectivity index (χ2n) is 4.11. The first-order valence-electron chi connectivity index (χ1n) is 5.35. The van der Waals surface area contributed by atoms with E-state index in [4.69, 9.17) is 21.1 Å². The molecular formula is C11H16ClNO2. The van der Waals surface area contributed by atoms with E-state index in [1.54, 1.807) is 6.07 Å². The lowest BCUT2D eigenvalue weighted by molar-refractivity contribution is 0.122. The summed E-state index contributed by atoms with van der Waals surface area (Å²) < 4.78 is 5.31. The van der Waals surface area contributed by atoms with Crippen LogP contribution in [0.1, 0.15) is 18.6 Å². The monoisotopic (exact) mass is 229 g/mol. The van der Waals surface area contributed by atoms with Crippen LogP contribution in [0.4, 0.5) is 0 Å². The number of likely N-dealkylation sites (tertiary alicyclic amines) is 1. The largest absolute Gasteiger partial charge is 0.448 e. The molecule has 1 aromatic heterocycles. The lowest BCUT2D eigenvalue weighted by atomic mass is 9.98. The minimum absolute atomic E-state index is 0.320. The molecule has 3 nitrogen and oxygen atoms in total. The molecule has 0 aliphatic carbocycles. The fourth-order valence-corrected chi connectivity index (χ4v) is 2.15. The molecule has 0 amide bonds. The first-order valence-corrected chi connectivity index (χ1v) is 5.73. The summed E-state index contributed by atoms with van der Waals surface area (Å²) in [7, 11) is 0. The normalized spacial score (nSPS) is 19.6. The molecule has 2 heterocycles. The van der Waals surface area contributed by atoms with Gasteiger partial charge in [-0.05, 0) is 55.6 Å². The maximum Gasteiger partial charge on any atom is 0.193 e. The highest BCUT2D eigenvalue weighted by Crippen LogP contribution is 2.20. The summed E-state index contributed by atoms with van der Waals surface area (Å²) in [5.41, 5.74) is 0. The first-order chi connectivity index (χ1) is 7.28. The summed E-state index contributed by atoms with van der Waals surface area (Å²) in [6.45, 7) is 3.21. The minimum Gasteiger partial charge on any atom is -0.448 e. The molecule has 1 aromatic rings. The van der Waals surface area contributed by atoms with E-state index in [1.165, 1.54) is 0 Å². The number of halogens is 1. The molecule has 0 bridgehead atoms. The van der Waals surface area contributed by atoms with Crippen LogP contribution in [0.3, 0.4) is 0 Å². The second-order valence-corrected chi connectivity index (χ2v) is 4.48. The molecule has 0 aromatic carbocycles. The highest BCUT2D eigenvalue weighted by Gasteiger charge is 2.19. The van der Waals surface area contributed by atoms with Gasteiger partial charge in [-0.2, -0.15) is 0 Å². The predicted molar refractivity (Wildman–Crippen MR) is 58.8 cm³/mol. The summed E-state index contributed by atoms with van der Waals surface area (Å²) in [6.07, 6.45) is 2.15. The molecule has 1 aliphatic heterocycles.